The Morgan fingerprint density at radius 1 is 1.26 bits per heavy atom. The molecule has 3 rings (SSSR count). The predicted octanol–water partition coefficient (Wildman–Crippen LogP) is 1.65. The fourth-order valence-corrected chi connectivity index (χ4v) is 3.03. The van der Waals surface area contributed by atoms with Gasteiger partial charge in [-0.2, -0.15) is 5.10 Å². The third-order valence-electron chi connectivity index (χ3n) is 4.06. The van der Waals surface area contributed by atoms with E-state index in [1.54, 1.807) is 6.07 Å². The number of H-pyrrole nitrogens is 1. The van der Waals surface area contributed by atoms with Gasteiger partial charge >= 0.3 is 0 Å². The summed E-state index contributed by atoms with van der Waals surface area (Å²) < 4.78 is 0. The highest BCUT2D eigenvalue weighted by atomic mass is 16.1. The zero-order chi connectivity index (χ0) is 16.2. The maximum Gasteiger partial charge on any atom is 0.264 e. The van der Waals surface area contributed by atoms with E-state index in [1.807, 2.05) is 19.9 Å². The molecule has 2 aromatic rings. The van der Waals surface area contributed by atoms with E-state index in [0.29, 0.717) is 12.0 Å². The Balaban J connectivity index is 1.71. The largest absolute Gasteiger partial charge is 0.352 e. The molecule has 23 heavy (non-hydrogen) atoms. The van der Waals surface area contributed by atoms with E-state index in [1.165, 1.54) is 12.5 Å². The molecule has 122 valence electrons. The number of aromatic nitrogens is 4. The molecule has 2 N–H and O–H groups in total. The molecule has 2 aromatic heterocycles. The monoisotopic (exact) mass is 314 g/mol. The van der Waals surface area contributed by atoms with Crippen LogP contribution in [0.15, 0.2) is 23.0 Å². The maximum atomic E-state index is 11.2. The van der Waals surface area contributed by atoms with Gasteiger partial charge in [0.2, 0.25) is 5.95 Å². The topological polar surface area (TPSA) is 86.8 Å². The maximum absolute atomic E-state index is 11.2. The second kappa shape index (κ2) is 6.76. The van der Waals surface area contributed by atoms with Gasteiger partial charge in [-0.15, -0.1) is 0 Å². The highest BCUT2D eigenvalue weighted by Crippen LogP contribution is 2.22. The van der Waals surface area contributed by atoms with E-state index in [4.69, 9.17) is 0 Å². The molecule has 0 saturated carbocycles. The van der Waals surface area contributed by atoms with Gasteiger partial charge in [-0.3, -0.25) is 4.79 Å². The predicted molar refractivity (Wildman–Crippen MR) is 89.8 cm³/mol. The van der Waals surface area contributed by atoms with Crippen LogP contribution in [0, 0.1) is 13.8 Å². The number of anilines is 2. The van der Waals surface area contributed by atoms with Gasteiger partial charge in [0.25, 0.3) is 5.56 Å². The van der Waals surface area contributed by atoms with Gasteiger partial charge in [0.05, 0.1) is 0 Å². The zero-order valence-corrected chi connectivity index (χ0v) is 13.5. The van der Waals surface area contributed by atoms with E-state index in [-0.39, 0.29) is 5.56 Å². The third-order valence-corrected chi connectivity index (χ3v) is 4.06. The molecule has 0 aliphatic carbocycles. The van der Waals surface area contributed by atoms with Crippen molar-refractivity contribution in [1.29, 1.82) is 0 Å². The van der Waals surface area contributed by atoms with Gasteiger partial charge in [0.1, 0.15) is 5.82 Å². The van der Waals surface area contributed by atoms with Crippen molar-refractivity contribution >= 4 is 11.8 Å². The number of nitrogens with zero attached hydrogens (tertiary/aromatic N) is 4. The lowest BCUT2D eigenvalue weighted by Gasteiger charge is -2.36. The number of hydrogen-bond acceptors (Lipinski definition) is 6. The first-order valence-electron chi connectivity index (χ1n) is 8.00. The molecule has 1 fully saturated rings. The van der Waals surface area contributed by atoms with Crippen molar-refractivity contribution in [2.75, 3.05) is 23.3 Å². The van der Waals surface area contributed by atoms with Crippen LogP contribution >= 0.6 is 0 Å². The van der Waals surface area contributed by atoms with Gasteiger partial charge in [-0.25, -0.2) is 15.1 Å². The van der Waals surface area contributed by atoms with Gasteiger partial charge in [0.15, 0.2) is 0 Å². The van der Waals surface area contributed by atoms with Crippen molar-refractivity contribution < 1.29 is 0 Å². The number of rotatable bonds is 4. The van der Waals surface area contributed by atoms with Crippen LogP contribution in [-0.4, -0.2) is 39.3 Å². The van der Waals surface area contributed by atoms with Crippen molar-refractivity contribution in [3.8, 4) is 0 Å². The van der Waals surface area contributed by atoms with E-state index >= 15 is 0 Å². The van der Waals surface area contributed by atoms with Gasteiger partial charge in [-0.1, -0.05) is 0 Å². The molecule has 0 radical (unpaired) electrons. The summed E-state index contributed by atoms with van der Waals surface area (Å²) in [6.07, 6.45) is 3.41. The summed E-state index contributed by atoms with van der Waals surface area (Å²) in [4.78, 5) is 22.3. The van der Waals surface area contributed by atoms with E-state index in [2.05, 4.69) is 30.4 Å². The van der Waals surface area contributed by atoms with Crippen molar-refractivity contribution in [1.82, 2.24) is 20.2 Å². The number of piperidine rings is 1. The summed E-state index contributed by atoms with van der Waals surface area (Å²) in [5.74, 6) is 1.49. The van der Waals surface area contributed by atoms with Gasteiger partial charge in [-0.05, 0) is 45.2 Å². The average molecular weight is 314 g/mol. The molecule has 1 unspecified atom stereocenters. The first kappa shape index (κ1) is 15.5. The van der Waals surface area contributed by atoms with Crippen molar-refractivity contribution in [3.63, 3.8) is 0 Å². The fourth-order valence-electron chi connectivity index (χ4n) is 3.03. The molecule has 1 aliphatic heterocycles. The summed E-state index contributed by atoms with van der Waals surface area (Å²) >= 11 is 0. The highest BCUT2D eigenvalue weighted by Gasteiger charge is 2.23. The molecule has 7 nitrogen and oxygen atoms in total. The van der Waals surface area contributed by atoms with Crippen LogP contribution in [0.25, 0.3) is 0 Å². The summed E-state index contributed by atoms with van der Waals surface area (Å²) in [5.41, 5.74) is 1.75. The number of aryl methyl sites for hydroxylation is 2. The zero-order valence-electron chi connectivity index (χ0n) is 13.5. The average Bonchev–Trinajstić information content (AvgIpc) is 2.53. The molecular weight excluding hydrogens is 292 g/mol. The lowest BCUT2D eigenvalue weighted by Crippen LogP contribution is -2.44. The number of aromatic amines is 1. The third kappa shape index (κ3) is 3.85. The Labute approximate surface area is 135 Å². The normalized spacial score (nSPS) is 18.0. The van der Waals surface area contributed by atoms with E-state index < -0.39 is 0 Å². The van der Waals surface area contributed by atoms with Crippen LogP contribution in [-0.2, 0) is 0 Å². The summed E-state index contributed by atoms with van der Waals surface area (Å²) in [6, 6.07) is 5.58. The molecule has 3 heterocycles. The van der Waals surface area contributed by atoms with Crippen LogP contribution in [0.1, 0.15) is 30.7 Å². The standard InChI is InChI=1S/C16H22N6O/c1-11-9-12(2)19-16(18-11)17-10-13-5-3-4-8-22(13)14-6-7-15(23)21-20-14/h6-7,9,13H,3-5,8,10H2,1-2H3,(H,21,23)(H,17,18,19). The molecule has 0 bridgehead atoms. The molecule has 1 aliphatic rings. The number of hydrogen-bond donors (Lipinski definition) is 2. The first-order valence-corrected chi connectivity index (χ1v) is 8.00. The second-order valence-electron chi connectivity index (χ2n) is 5.98. The number of nitrogens with one attached hydrogen (secondary N) is 2. The lowest BCUT2D eigenvalue weighted by atomic mass is 10.0. The Bertz CT molecular complexity index is 688. The highest BCUT2D eigenvalue weighted by molar-refractivity contribution is 5.40. The molecule has 7 heteroatoms. The Hall–Kier alpha value is -2.44. The SMILES string of the molecule is Cc1cc(C)nc(NCC2CCCCN2c2ccc(=O)[nH]n2)n1. The van der Waals surface area contributed by atoms with Crippen molar-refractivity contribution in [2.24, 2.45) is 0 Å². The van der Waals surface area contributed by atoms with E-state index in [0.717, 1.165) is 43.1 Å². The second-order valence-corrected chi connectivity index (χ2v) is 5.98. The lowest BCUT2D eigenvalue weighted by molar-refractivity contribution is 0.467. The van der Waals surface area contributed by atoms with Crippen molar-refractivity contribution in [3.05, 3.63) is 39.9 Å². The van der Waals surface area contributed by atoms with E-state index in [9.17, 15) is 4.79 Å². The molecule has 0 spiro atoms. The van der Waals surface area contributed by atoms with Gasteiger partial charge < -0.3 is 10.2 Å². The molecule has 0 aromatic carbocycles. The summed E-state index contributed by atoms with van der Waals surface area (Å²) in [6.45, 7) is 5.64. The summed E-state index contributed by atoms with van der Waals surface area (Å²) in [7, 11) is 0. The Kier molecular flexibility index (Phi) is 4.55. The van der Waals surface area contributed by atoms with Gasteiger partial charge in [0, 0.05) is 36.6 Å². The molecule has 1 saturated heterocycles. The Morgan fingerprint density at radius 2 is 2.04 bits per heavy atom. The molecule has 1 atom stereocenters. The van der Waals surface area contributed by atoms with Crippen LogP contribution in [0.2, 0.25) is 0 Å². The first-order chi connectivity index (χ1) is 11.1. The smallest absolute Gasteiger partial charge is 0.264 e. The Morgan fingerprint density at radius 3 is 2.74 bits per heavy atom. The van der Waals surface area contributed by atoms with Crippen LogP contribution in [0.4, 0.5) is 11.8 Å². The van der Waals surface area contributed by atoms with Crippen LogP contribution in [0.3, 0.4) is 0 Å². The van der Waals surface area contributed by atoms with Crippen LogP contribution in [0.5, 0.6) is 0 Å². The molecule has 0 amide bonds. The fraction of sp³-hybridized carbons (Fsp3) is 0.500. The minimum Gasteiger partial charge on any atom is -0.352 e. The van der Waals surface area contributed by atoms with Crippen molar-refractivity contribution in [2.45, 2.75) is 39.2 Å². The van der Waals surface area contributed by atoms with Crippen LogP contribution < -0.4 is 15.8 Å². The summed E-state index contributed by atoms with van der Waals surface area (Å²) in [5, 5.41) is 10.0. The quantitative estimate of drug-likeness (QED) is 0.892. The minimum atomic E-state index is -0.177. The minimum absolute atomic E-state index is 0.177. The molecular formula is C16H22N6O.